The molecule has 1 atom stereocenters. The van der Waals surface area contributed by atoms with Crippen LogP contribution in [0.4, 0.5) is 4.79 Å². The number of hydrogen-bond acceptors (Lipinski definition) is 3. The predicted octanol–water partition coefficient (Wildman–Crippen LogP) is 2.81. The van der Waals surface area contributed by atoms with Gasteiger partial charge in [0.25, 0.3) is 0 Å². The van der Waals surface area contributed by atoms with Crippen molar-refractivity contribution in [1.29, 1.82) is 0 Å². The summed E-state index contributed by atoms with van der Waals surface area (Å²) in [6, 6.07) is 8.22. The lowest BCUT2D eigenvalue weighted by Gasteiger charge is -2.36. The van der Waals surface area contributed by atoms with Crippen LogP contribution >= 0.6 is 0 Å². The van der Waals surface area contributed by atoms with E-state index in [1.165, 1.54) is 5.56 Å². The normalized spacial score (nSPS) is 20.0. The first-order valence-electron chi connectivity index (χ1n) is 10.1. The molecule has 1 aromatic carbocycles. The van der Waals surface area contributed by atoms with Crippen molar-refractivity contribution in [1.82, 2.24) is 15.1 Å². The molecule has 0 aliphatic carbocycles. The minimum Gasteiger partial charge on any atom is -0.497 e. The summed E-state index contributed by atoms with van der Waals surface area (Å²) < 4.78 is 5.17. The average Bonchev–Trinajstić information content (AvgIpc) is 3.12. The monoisotopic (exact) mass is 373 g/mol. The van der Waals surface area contributed by atoms with E-state index in [1.807, 2.05) is 34.1 Å². The highest BCUT2D eigenvalue weighted by molar-refractivity contribution is 5.78. The van der Waals surface area contributed by atoms with E-state index in [1.54, 1.807) is 7.11 Å². The number of hydrogen-bond donors (Lipinski definition) is 1. The van der Waals surface area contributed by atoms with Crippen molar-refractivity contribution in [2.45, 2.75) is 51.0 Å². The van der Waals surface area contributed by atoms with Gasteiger partial charge >= 0.3 is 6.03 Å². The fraction of sp³-hybridized carbons (Fsp3) is 0.619. The van der Waals surface area contributed by atoms with Crippen LogP contribution in [0.25, 0.3) is 0 Å². The fourth-order valence-corrected chi connectivity index (χ4v) is 4.02. The molecule has 6 heteroatoms. The Morgan fingerprint density at radius 3 is 2.70 bits per heavy atom. The SMILES string of the molecule is COc1ccc(CCNC(=O)N2CCCC[C@@H]2CCN2CCCC2=O)cc1. The summed E-state index contributed by atoms with van der Waals surface area (Å²) in [6.45, 7) is 3.09. The Morgan fingerprint density at radius 2 is 2.00 bits per heavy atom. The number of piperidine rings is 1. The van der Waals surface area contributed by atoms with E-state index in [4.69, 9.17) is 4.74 Å². The number of carbonyl (C=O) groups is 2. The average molecular weight is 373 g/mol. The van der Waals surface area contributed by atoms with Crippen molar-refractivity contribution >= 4 is 11.9 Å². The van der Waals surface area contributed by atoms with Crippen LogP contribution in [0, 0.1) is 0 Å². The van der Waals surface area contributed by atoms with Gasteiger partial charge in [-0.1, -0.05) is 12.1 Å². The third kappa shape index (κ3) is 5.37. The summed E-state index contributed by atoms with van der Waals surface area (Å²) in [7, 11) is 1.66. The van der Waals surface area contributed by atoms with Crippen LogP contribution < -0.4 is 10.1 Å². The molecule has 0 aromatic heterocycles. The topological polar surface area (TPSA) is 61.9 Å². The van der Waals surface area contributed by atoms with Crippen LogP contribution in [0.1, 0.15) is 44.1 Å². The molecule has 6 nitrogen and oxygen atoms in total. The maximum absolute atomic E-state index is 12.7. The first kappa shape index (κ1) is 19.5. The number of amides is 3. The third-order valence-corrected chi connectivity index (χ3v) is 5.64. The van der Waals surface area contributed by atoms with E-state index in [9.17, 15) is 9.59 Å². The summed E-state index contributed by atoms with van der Waals surface area (Å²) in [5, 5.41) is 3.07. The second kappa shape index (κ2) is 9.62. The maximum atomic E-state index is 12.7. The molecular weight excluding hydrogens is 342 g/mol. The summed E-state index contributed by atoms with van der Waals surface area (Å²) in [4.78, 5) is 28.4. The van der Waals surface area contributed by atoms with Crippen molar-refractivity contribution in [3.8, 4) is 5.75 Å². The van der Waals surface area contributed by atoms with Gasteiger partial charge in [-0.15, -0.1) is 0 Å². The molecule has 27 heavy (non-hydrogen) atoms. The lowest BCUT2D eigenvalue weighted by molar-refractivity contribution is -0.127. The quantitative estimate of drug-likeness (QED) is 0.799. The molecular formula is C21H31N3O3. The summed E-state index contributed by atoms with van der Waals surface area (Å²) in [5.74, 6) is 1.11. The zero-order valence-corrected chi connectivity index (χ0v) is 16.3. The zero-order chi connectivity index (χ0) is 19.1. The van der Waals surface area contributed by atoms with Crippen molar-refractivity contribution in [2.24, 2.45) is 0 Å². The van der Waals surface area contributed by atoms with Crippen molar-refractivity contribution < 1.29 is 14.3 Å². The Morgan fingerprint density at radius 1 is 1.19 bits per heavy atom. The Kier molecular flexibility index (Phi) is 6.96. The lowest BCUT2D eigenvalue weighted by atomic mass is 9.99. The highest BCUT2D eigenvalue weighted by atomic mass is 16.5. The minimum atomic E-state index is 0.0287. The number of carbonyl (C=O) groups excluding carboxylic acids is 2. The third-order valence-electron chi connectivity index (χ3n) is 5.64. The molecule has 2 heterocycles. The van der Waals surface area contributed by atoms with Crippen molar-refractivity contribution in [3.05, 3.63) is 29.8 Å². The summed E-state index contributed by atoms with van der Waals surface area (Å²) >= 11 is 0. The Hall–Kier alpha value is -2.24. The van der Waals surface area contributed by atoms with Gasteiger partial charge in [-0.3, -0.25) is 4.79 Å². The second-order valence-electron chi connectivity index (χ2n) is 7.45. The van der Waals surface area contributed by atoms with Crippen LogP contribution in [0.5, 0.6) is 5.75 Å². The molecule has 0 saturated carbocycles. The first-order chi connectivity index (χ1) is 13.2. The van der Waals surface area contributed by atoms with Gasteiger partial charge in [0.05, 0.1) is 7.11 Å². The van der Waals surface area contributed by atoms with E-state index in [-0.39, 0.29) is 18.0 Å². The fourth-order valence-electron chi connectivity index (χ4n) is 4.02. The molecule has 3 rings (SSSR count). The van der Waals surface area contributed by atoms with E-state index in [2.05, 4.69) is 5.32 Å². The van der Waals surface area contributed by atoms with Crippen molar-refractivity contribution in [2.75, 3.05) is 33.3 Å². The first-order valence-corrected chi connectivity index (χ1v) is 10.1. The van der Waals surface area contributed by atoms with E-state index >= 15 is 0 Å². The van der Waals surface area contributed by atoms with Crippen LogP contribution in [0.15, 0.2) is 24.3 Å². The highest BCUT2D eigenvalue weighted by Gasteiger charge is 2.28. The van der Waals surface area contributed by atoms with E-state index < -0.39 is 0 Å². The van der Waals surface area contributed by atoms with Gasteiger partial charge in [0.15, 0.2) is 0 Å². The summed E-state index contributed by atoms with van der Waals surface area (Å²) in [5.41, 5.74) is 1.18. The van der Waals surface area contributed by atoms with Crippen LogP contribution in [-0.4, -0.2) is 61.1 Å². The molecule has 1 aromatic rings. The van der Waals surface area contributed by atoms with Crippen LogP contribution in [-0.2, 0) is 11.2 Å². The molecule has 0 bridgehead atoms. The van der Waals surface area contributed by atoms with Gasteiger partial charge in [-0.05, 0) is 56.2 Å². The van der Waals surface area contributed by atoms with Crippen molar-refractivity contribution in [3.63, 3.8) is 0 Å². The number of urea groups is 1. The summed E-state index contributed by atoms with van der Waals surface area (Å²) in [6.07, 6.45) is 6.60. The zero-order valence-electron chi connectivity index (χ0n) is 16.3. The van der Waals surface area contributed by atoms with Gasteiger partial charge < -0.3 is 19.9 Å². The Bertz CT molecular complexity index is 632. The van der Waals surface area contributed by atoms with Crippen LogP contribution in [0.2, 0.25) is 0 Å². The molecule has 3 amide bonds. The lowest BCUT2D eigenvalue weighted by Crippen LogP contribution is -2.50. The van der Waals surface area contributed by atoms with Gasteiger partial charge in [-0.25, -0.2) is 4.79 Å². The number of nitrogens with zero attached hydrogens (tertiary/aromatic N) is 2. The Balaban J connectivity index is 1.45. The molecule has 0 spiro atoms. The number of rotatable bonds is 7. The number of benzene rings is 1. The van der Waals surface area contributed by atoms with E-state index in [0.29, 0.717) is 13.0 Å². The number of ether oxygens (including phenoxy) is 1. The van der Waals surface area contributed by atoms with Gasteiger partial charge in [0.2, 0.25) is 5.91 Å². The number of nitrogens with one attached hydrogen (secondary N) is 1. The smallest absolute Gasteiger partial charge is 0.317 e. The molecule has 2 aliphatic rings. The predicted molar refractivity (Wildman–Crippen MR) is 105 cm³/mol. The van der Waals surface area contributed by atoms with Gasteiger partial charge in [-0.2, -0.15) is 0 Å². The minimum absolute atomic E-state index is 0.0287. The van der Waals surface area contributed by atoms with Crippen LogP contribution in [0.3, 0.4) is 0 Å². The molecule has 148 valence electrons. The Labute approximate surface area is 161 Å². The molecule has 0 radical (unpaired) electrons. The highest BCUT2D eigenvalue weighted by Crippen LogP contribution is 2.21. The number of likely N-dealkylation sites (tertiary alicyclic amines) is 2. The second-order valence-corrected chi connectivity index (χ2v) is 7.45. The van der Waals surface area contributed by atoms with Gasteiger partial charge in [0.1, 0.15) is 5.75 Å². The van der Waals surface area contributed by atoms with E-state index in [0.717, 1.165) is 63.9 Å². The molecule has 2 fully saturated rings. The molecule has 2 saturated heterocycles. The number of methoxy groups -OCH3 is 1. The largest absolute Gasteiger partial charge is 0.497 e. The molecule has 1 N–H and O–H groups in total. The van der Waals surface area contributed by atoms with Gasteiger partial charge in [0, 0.05) is 38.6 Å². The maximum Gasteiger partial charge on any atom is 0.317 e. The molecule has 0 unspecified atom stereocenters. The standard InChI is InChI=1S/C21H31N3O3/c1-27-19-9-7-17(8-10-19)11-13-22-21(26)24-15-3-2-5-18(24)12-16-23-14-4-6-20(23)25/h7-10,18H,2-6,11-16H2,1H3,(H,22,26)/t18-/m1/s1. The molecule has 2 aliphatic heterocycles.